The third kappa shape index (κ3) is 4.47. The van der Waals surface area contributed by atoms with Gasteiger partial charge in [-0.1, -0.05) is 12.1 Å². The molecule has 0 radical (unpaired) electrons. The van der Waals surface area contributed by atoms with Gasteiger partial charge in [-0.3, -0.25) is 14.9 Å². The number of hydrogen-bond acceptors (Lipinski definition) is 6. The molecule has 2 heterocycles. The normalized spacial score (nSPS) is 10.4. The van der Waals surface area contributed by atoms with Crippen LogP contribution in [0.15, 0.2) is 41.1 Å². The summed E-state index contributed by atoms with van der Waals surface area (Å²) in [5.74, 6) is 0.205. The second-order valence-electron chi connectivity index (χ2n) is 5.50. The molecule has 134 valence electrons. The van der Waals surface area contributed by atoms with Gasteiger partial charge in [-0.2, -0.15) is 0 Å². The van der Waals surface area contributed by atoms with Gasteiger partial charge in [-0.05, 0) is 36.1 Å². The second kappa shape index (κ2) is 8.11. The van der Waals surface area contributed by atoms with Gasteiger partial charge in [0.25, 0.3) is 5.91 Å². The summed E-state index contributed by atoms with van der Waals surface area (Å²) in [5.41, 5.74) is 2.24. The minimum atomic E-state index is -0.199. The van der Waals surface area contributed by atoms with Crippen LogP contribution in [0.4, 0.5) is 10.8 Å². The Morgan fingerprint density at radius 1 is 1.19 bits per heavy atom. The van der Waals surface area contributed by atoms with Crippen LogP contribution in [0, 0.1) is 6.92 Å². The lowest BCUT2D eigenvalue weighted by molar-refractivity contribution is -0.115. The molecule has 0 spiro atoms. The van der Waals surface area contributed by atoms with Crippen LogP contribution in [-0.2, 0) is 11.2 Å². The van der Waals surface area contributed by atoms with Gasteiger partial charge < -0.3 is 10.1 Å². The number of methoxy groups -OCH3 is 1. The zero-order valence-corrected chi connectivity index (χ0v) is 15.9. The maximum atomic E-state index is 12.3. The first-order valence-corrected chi connectivity index (χ1v) is 9.55. The molecule has 0 saturated carbocycles. The standard InChI is InChI=1S/C18H17N3O3S2/c1-11-5-6-14(24-2)13(8-11)20-16(22)9-12-10-26-18(19-12)21-17(23)15-4-3-7-25-15/h3-8,10H,9H2,1-2H3,(H,20,22)(H,19,21,23). The zero-order valence-electron chi connectivity index (χ0n) is 14.2. The van der Waals surface area contributed by atoms with Gasteiger partial charge in [0.1, 0.15) is 5.75 Å². The van der Waals surface area contributed by atoms with Crippen molar-refractivity contribution in [1.29, 1.82) is 0 Å². The molecule has 8 heteroatoms. The van der Waals surface area contributed by atoms with Crippen LogP contribution in [0.1, 0.15) is 20.9 Å². The van der Waals surface area contributed by atoms with Gasteiger partial charge in [0, 0.05) is 5.38 Å². The fourth-order valence-corrected chi connectivity index (χ4v) is 3.61. The van der Waals surface area contributed by atoms with Crippen molar-refractivity contribution >= 4 is 45.3 Å². The van der Waals surface area contributed by atoms with E-state index in [1.165, 1.54) is 22.7 Å². The van der Waals surface area contributed by atoms with E-state index in [4.69, 9.17) is 4.74 Å². The number of thiazole rings is 1. The molecule has 2 amide bonds. The Hall–Kier alpha value is -2.71. The fourth-order valence-electron chi connectivity index (χ4n) is 2.29. The van der Waals surface area contributed by atoms with Crippen LogP contribution in [-0.4, -0.2) is 23.9 Å². The topological polar surface area (TPSA) is 80.3 Å². The van der Waals surface area contributed by atoms with Crippen LogP contribution >= 0.6 is 22.7 Å². The molecule has 3 aromatic rings. The van der Waals surface area contributed by atoms with Gasteiger partial charge in [-0.15, -0.1) is 22.7 Å². The number of carbonyl (C=O) groups excluding carboxylic acids is 2. The number of thiophene rings is 1. The van der Waals surface area contributed by atoms with E-state index in [0.29, 0.717) is 27.1 Å². The predicted octanol–water partition coefficient (Wildman–Crippen LogP) is 3.96. The first kappa shape index (κ1) is 18.1. The van der Waals surface area contributed by atoms with Crippen LogP contribution in [0.5, 0.6) is 5.75 Å². The average molecular weight is 387 g/mol. The van der Waals surface area contributed by atoms with Crippen molar-refractivity contribution in [1.82, 2.24) is 4.98 Å². The molecule has 0 atom stereocenters. The maximum absolute atomic E-state index is 12.3. The Balaban J connectivity index is 1.61. The predicted molar refractivity (Wildman–Crippen MR) is 104 cm³/mol. The Kier molecular flexibility index (Phi) is 5.65. The summed E-state index contributed by atoms with van der Waals surface area (Å²) in [6, 6.07) is 9.14. The number of aromatic nitrogens is 1. The lowest BCUT2D eigenvalue weighted by Gasteiger charge is -2.10. The van der Waals surface area contributed by atoms with E-state index in [1.54, 1.807) is 18.6 Å². The number of amides is 2. The van der Waals surface area contributed by atoms with Crippen LogP contribution in [0.2, 0.25) is 0 Å². The summed E-state index contributed by atoms with van der Waals surface area (Å²) < 4.78 is 5.26. The Morgan fingerprint density at radius 3 is 2.77 bits per heavy atom. The van der Waals surface area contributed by atoms with E-state index in [1.807, 2.05) is 36.6 Å². The van der Waals surface area contributed by atoms with Crippen molar-refractivity contribution in [3.05, 3.63) is 57.2 Å². The van der Waals surface area contributed by atoms with Crippen LogP contribution < -0.4 is 15.4 Å². The minimum absolute atomic E-state index is 0.114. The van der Waals surface area contributed by atoms with E-state index in [0.717, 1.165) is 5.56 Å². The molecule has 0 saturated heterocycles. The number of carbonyl (C=O) groups is 2. The zero-order chi connectivity index (χ0) is 18.5. The third-order valence-corrected chi connectivity index (χ3v) is 5.16. The molecule has 0 aliphatic heterocycles. The summed E-state index contributed by atoms with van der Waals surface area (Å²) in [6.45, 7) is 1.94. The molecule has 2 N–H and O–H groups in total. The Morgan fingerprint density at radius 2 is 2.04 bits per heavy atom. The van der Waals surface area contributed by atoms with Crippen molar-refractivity contribution in [2.75, 3.05) is 17.7 Å². The van der Waals surface area contributed by atoms with E-state index in [9.17, 15) is 9.59 Å². The summed E-state index contributed by atoms with van der Waals surface area (Å²) in [7, 11) is 1.56. The molecular formula is C18H17N3O3S2. The average Bonchev–Trinajstić information content (AvgIpc) is 3.27. The molecule has 0 unspecified atom stereocenters. The smallest absolute Gasteiger partial charge is 0.267 e. The SMILES string of the molecule is COc1ccc(C)cc1NC(=O)Cc1csc(NC(=O)c2cccs2)n1. The van der Waals surface area contributed by atoms with Crippen molar-refractivity contribution in [2.45, 2.75) is 13.3 Å². The summed E-state index contributed by atoms with van der Waals surface area (Å²) >= 11 is 2.65. The molecule has 6 nitrogen and oxygen atoms in total. The van der Waals surface area contributed by atoms with Gasteiger partial charge in [0.05, 0.1) is 29.8 Å². The van der Waals surface area contributed by atoms with Crippen molar-refractivity contribution < 1.29 is 14.3 Å². The number of nitrogens with zero attached hydrogens (tertiary/aromatic N) is 1. The van der Waals surface area contributed by atoms with E-state index in [2.05, 4.69) is 15.6 Å². The molecule has 26 heavy (non-hydrogen) atoms. The van der Waals surface area contributed by atoms with E-state index >= 15 is 0 Å². The van der Waals surface area contributed by atoms with Crippen LogP contribution in [0.3, 0.4) is 0 Å². The molecule has 0 bridgehead atoms. The molecule has 0 aliphatic rings. The lowest BCUT2D eigenvalue weighted by Crippen LogP contribution is -2.15. The first-order valence-electron chi connectivity index (χ1n) is 7.79. The highest BCUT2D eigenvalue weighted by Gasteiger charge is 2.13. The van der Waals surface area contributed by atoms with Gasteiger partial charge in [0.2, 0.25) is 5.91 Å². The van der Waals surface area contributed by atoms with E-state index in [-0.39, 0.29) is 18.2 Å². The number of aryl methyl sites for hydroxylation is 1. The fraction of sp³-hybridized carbons (Fsp3) is 0.167. The number of ether oxygens (including phenoxy) is 1. The molecular weight excluding hydrogens is 370 g/mol. The van der Waals surface area contributed by atoms with Gasteiger partial charge >= 0.3 is 0 Å². The molecule has 1 aromatic carbocycles. The Bertz CT molecular complexity index is 920. The monoisotopic (exact) mass is 387 g/mol. The largest absolute Gasteiger partial charge is 0.495 e. The maximum Gasteiger partial charge on any atom is 0.267 e. The Labute approximate surface area is 158 Å². The highest BCUT2D eigenvalue weighted by molar-refractivity contribution is 7.14. The molecule has 2 aromatic heterocycles. The minimum Gasteiger partial charge on any atom is -0.495 e. The number of hydrogen-bond donors (Lipinski definition) is 2. The molecule has 0 fully saturated rings. The van der Waals surface area contributed by atoms with E-state index < -0.39 is 0 Å². The number of rotatable bonds is 6. The van der Waals surface area contributed by atoms with Crippen molar-refractivity contribution in [3.63, 3.8) is 0 Å². The summed E-state index contributed by atoms with van der Waals surface area (Å²) in [4.78, 5) is 29.2. The number of nitrogens with one attached hydrogen (secondary N) is 2. The van der Waals surface area contributed by atoms with Crippen LogP contribution in [0.25, 0.3) is 0 Å². The van der Waals surface area contributed by atoms with Crippen molar-refractivity contribution in [3.8, 4) is 5.75 Å². The third-order valence-electron chi connectivity index (χ3n) is 3.49. The second-order valence-corrected chi connectivity index (χ2v) is 7.31. The quantitative estimate of drug-likeness (QED) is 0.671. The lowest BCUT2D eigenvalue weighted by atomic mass is 10.2. The first-order chi connectivity index (χ1) is 12.5. The molecule has 0 aliphatic carbocycles. The number of anilines is 2. The highest BCUT2D eigenvalue weighted by atomic mass is 32.1. The highest BCUT2D eigenvalue weighted by Crippen LogP contribution is 2.25. The number of benzene rings is 1. The summed E-state index contributed by atoms with van der Waals surface area (Å²) in [6.07, 6.45) is 0.114. The van der Waals surface area contributed by atoms with Gasteiger partial charge in [0.15, 0.2) is 5.13 Å². The van der Waals surface area contributed by atoms with Gasteiger partial charge in [-0.25, -0.2) is 4.98 Å². The summed E-state index contributed by atoms with van der Waals surface area (Å²) in [5, 5.41) is 9.65. The van der Waals surface area contributed by atoms with Crippen molar-refractivity contribution in [2.24, 2.45) is 0 Å². The molecule has 3 rings (SSSR count).